The van der Waals surface area contributed by atoms with Crippen molar-refractivity contribution in [1.82, 2.24) is 5.32 Å². The molecule has 0 aliphatic carbocycles. The van der Waals surface area contributed by atoms with Crippen molar-refractivity contribution in [1.29, 1.82) is 0 Å². The first-order chi connectivity index (χ1) is 8.65. The van der Waals surface area contributed by atoms with Gasteiger partial charge in [0.2, 0.25) is 5.91 Å². The van der Waals surface area contributed by atoms with Gasteiger partial charge < -0.3 is 10.6 Å². The molecule has 3 atom stereocenters. The Bertz CT molecular complexity index is 468. The van der Waals surface area contributed by atoms with Crippen LogP contribution in [-0.4, -0.2) is 18.0 Å². The molecular formula is C14H17FN2O. The molecule has 0 aromatic heterocycles. The van der Waals surface area contributed by atoms with Crippen LogP contribution in [0.2, 0.25) is 0 Å². The van der Waals surface area contributed by atoms with E-state index in [0.717, 1.165) is 24.8 Å². The number of carbonyl (C=O) groups excluding carboxylic acids is 1. The van der Waals surface area contributed by atoms with E-state index in [0.29, 0.717) is 11.7 Å². The SMILES string of the molecule is Cc1cccc(F)c1NC(=O)C1CC2CCC1N2. The maximum atomic E-state index is 13.7. The van der Waals surface area contributed by atoms with Gasteiger partial charge in [0.15, 0.2) is 0 Å². The van der Waals surface area contributed by atoms with Crippen LogP contribution in [0.5, 0.6) is 0 Å². The number of hydrogen-bond acceptors (Lipinski definition) is 2. The summed E-state index contributed by atoms with van der Waals surface area (Å²) in [5.41, 5.74) is 1.09. The Kier molecular flexibility index (Phi) is 2.82. The molecule has 3 rings (SSSR count). The number of fused-ring (bicyclic) bond motifs is 2. The van der Waals surface area contributed by atoms with Gasteiger partial charge >= 0.3 is 0 Å². The van der Waals surface area contributed by atoms with E-state index >= 15 is 0 Å². The molecule has 1 aromatic rings. The molecule has 3 nitrogen and oxygen atoms in total. The number of carbonyl (C=O) groups is 1. The van der Waals surface area contributed by atoms with Gasteiger partial charge in [-0.15, -0.1) is 0 Å². The number of rotatable bonds is 2. The molecule has 3 unspecified atom stereocenters. The maximum Gasteiger partial charge on any atom is 0.229 e. The molecule has 2 N–H and O–H groups in total. The van der Waals surface area contributed by atoms with Crippen molar-refractivity contribution in [3.05, 3.63) is 29.6 Å². The van der Waals surface area contributed by atoms with E-state index in [-0.39, 0.29) is 23.7 Å². The van der Waals surface area contributed by atoms with Crippen LogP contribution >= 0.6 is 0 Å². The zero-order valence-corrected chi connectivity index (χ0v) is 10.4. The Labute approximate surface area is 106 Å². The fraction of sp³-hybridized carbons (Fsp3) is 0.500. The summed E-state index contributed by atoms with van der Waals surface area (Å²) in [5, 5.41) is 6.17. The molecule has 18 heavy (non-hydrogen) atoms. The molecule has 1 amide bonds. The molecule has 2 heterocycles. The topological polar surface area (TPSA) is 41.1 Å². The molecule has 2 aliphatic rings. The number of anilines is 1. The normalized spacial score (nSPS) is 29.6. The molecule has 2 aliphatic heterocycles. The molecule has 1 aromatic carbocycles. The maximum absolute atomic E-state index is 13.7. The number of halogens is 1. The van der Waals surface area contributed by atoms with Crippen LogP contribution < -0.4 is 10.6 Å². The highest BCUT2D eigenvalue weighted by Crippen LogP contribution is 2.34. The lowest BCUT2D eigenvalue weighted by atomic mass is 9.88. The summed E-state index contributed by atoms with van der Waals surface area (Å²) in [6.07, 6.45) is 3.09. The van der Waals surface area contributed by atoms with Crippen molar-refractivity contribution in [3.63, 3.8) is 0 Å². The molecule has 0 saturated carbocycles. The van der Waals surface area contributed by atoms with Gasteiger partial charge in [0.05, 0.1) is 11.6 Å². The second-order valence-electron chi connectivity index (χ2n) is 5.31. The summed E-state index contributed by atoms with van der Waals surface area (Å²) >= 11 is 0. The molecule has 4 heteroatoms. The Morgan fingerprint density at radius 1 is 1.44 bits per heavy atom. The lowest BCUT2D eigenvalue weighted by Gasteiger charge is -2.20. The average Bonchev–Trinajstić information content (AvgIpc) is 2.96. The summed E-state index contributed by atoms with van der Waals surface area (Å²) in [6.45, 7) is 1.80. The standard InChI is InChI=1S/C14H17FN2O/c1-8-3-2-4-11(15)13(8)17-14(18)10-7-9-5-6-12(10)16-9/h2-4,9-10,12,16H,5-7H2,1H3,(H,17,18). The third-order valence-electron chi connectivity index (χ3n) is 4.11. The third kappa shape index (κ3) is 1.90. The van der Waals surface area contributed by atoms with E-state index < -0.39 is 0 Å². The molecule has 0 spiro atoms. The smallest absolute Gasteiger partial charge is 0.229 e. The lowest BCUT2D eigenvalue weighted by molar-refractivity contribution is -0.120. The molecule has 2 fully saturated rings. The summed E-state index contributed by atoms with van der Waals surface area (Å²) in [7, 11) is 0. The van der Waals surface area contributed by atoms with Crippen LogP contribution in [0.25, 0.3) is 0 Å². The van der Waals surface area contributed by atoms with Gasteiger partial charge in [0.25, 0.3) is 0 Å². The Morgan fingerprint density at radius 2 is 2.28 bits per heavy atom. The number of amides is 1. The highest BCUT2D eigenvalue weighted by molar-refractivity contribution is 5.94. The summed E-state index contributed by atoms with van der Waals surface area (Å²) in [5.74, 6) is -0.426. The fourth-order valence-electron chi connectivity index (χ4n) is 3.12. The zero-order chi connectivity index (χ0) is 12.7. The summed E-state index contributed by atoms with van der Waals surface area (Å²) < 4.78 is 13.7. The Balaban J connectivity index is 1.75. The van der Waals surface area contributed by atoms with Gasteiger partial charge in [-0.05, 0) is 37.8 Å². The van der Waals surface area contributed by atoms with Crippen LogP contribution in [0, 0.1) is 18.7 Å². The van der Waals surface area contributed by atoms with Gasteiger partial charge in [0.1, 0.15) is 5.82 Å². The molecular weight excluding hydrogens is 231 g/mol. The van der Waals surface area contributed by atoms with Crippen LogP contribution in [0.1, 0.15) is 24.8 Å². The average molecular weight is 248 g/mol. The monoisotopic (exact) mass is 248 g/mol. The van der Waals surface area contributed by atoms with Crippen molar-refractivity contribution in [2.45, 2.75) is 38.3 Å². The minimum Gasteiger partial charge on any atom is -0.323 e. The predicted molar refractivity (Wildman–Crippen MR) is 67.8 cm³/mol. The first-order valence-electron chi connectivity index (χ1n) is 6.47. The minimum absolute atomic E-state index is 0.0113. The minimum atomic E-state index is -0.362. The third-order valence-corrected chi connectivity index (χ3v) is 4.11. The lowest BCUT2D eigenvalue weighted by Crippen LogP contribution is -2.33. The van der Waals surface area contributed by atoms with Gasteiger partial charge in [-0.1, -0.05) is 12.1 Å². The highest BCUT2D eigenvalue weighted by Gasteiger charge is 2.42. The van der Waals surface area contributed by atoms with E-state index in [1.54, 1.807) is 19.1 Å². The van der Waals surface area contributed by atoms with Crippen molar-refractivity contribution in [2.75, 3.05) is 5.32 Å². The van der Waals surface area contributed by atoms with E-state index in [1.165, 1.54) is 6.07 Å². The quantitative estimate of drug-likeness (QED) is 0.842. The second-order valence-corrected chi connectivity index (χ2v) is 5.31. The predicted octanol–water partition coefficient (Wildman–Crippen LogP) is 2.21. The van der Waals surface area contributed by atoms with Gasteiger partial charge in [-0.25, -0.2) is 4.39 Å². The largest absolute Gasteiger partial charge is 0.323 e. The molecule has 96 valence electrons. The van der Waals surface area contributed by atoms with Crippen LogP contribution in [-0.2, 0) is 4.79 Å². The molecule has 2 bridgehead atoms. The van der Waals surface area contributed by atoms with Crippen molar-refractivity contribution >= 4 is 11.6 Å². The van der Waals surface area contributed by atoms with E-state index in [1.807, 2.05) is 0 Å². The van der Waals surface area contributed by atoms with E-state index in [2.05, 4.69) is 10.6 Å². The number of nitrogens with one attached hydrogen (secondary N) is 2. The number of para-hydroxylation sites is 1. The van der Waals surface area contributed by atoms with E-state index in [4.69, 9.17) is 0 Å². The van der Waals surface area contributed by atoms with Gasteiger partial charge in [0, 0.05) is 12.1 Å². The summed E-state index contributed by atoms with van der Waals surface area (Å²) in [4.78, 5) is 12.2. The van der Waals surface area contributed by atoms with Crippen molar-refractivity contribution in [3.8, 4) is 0 Å². The number of aryl methyl sites for hydroxylation is 1. The van der Waals surface area contributed by atoms with Crippen LogP contribution in [0.3, 0.4) is 0 Å². The fourth-order valence-corrected chi connectivity index (χ4v) is 3.12. The molecule has 0 radical (unpaired) electrons. The molecule has 2 saturated heterocycles. The first-order valence-corrected chi connectivity index (χ1v) is 6.47. The summed E-state index contributed by atoms with van der Waals surface area (Å²) in [6, 6.07) is 5.59. The van der Waals surface area contributed by atoms with Crippen LogP contribution in [0.4, 0.5) is 10.1 Å². The first kappa shape index (κ1) is 11.7. The number of benzene rings is 1. The number of hydrogen-bond donors (Lipinski definition) is 2. The van der Waals surface area contributed by atoms with Gasteiger partial charge in [-0.2, -0.15) is 0 Å². The van der Waals surface area contributed by atoms with Crippen molar-refractivity contribution in [2.24, 2.45) is 5.92 Å². The van der Waals surface area contributed by atoms with E-state index in [9.17, 15) is 9.18 Å². The zero-order valence-electron chi connectivity index (χ0n) is 10.4. The Morgan fingerprint density at radius 3 is 2.89 bits per heavy atom. The highest BCUT2D eigenvalue weighted by atomic mass is 19.1. The van der Waals surface area contributed by atoms with Gasteiger partial charge in [-0.3, -0.25) is 4.79 Å². The second kappa shape index (κ2) is 4.35. The Hall–Kier alpha value is -1.42. The van der Waals surface area contributed by atoms with Crippen LogP contribution in [0.15, 0.2) is 18.2 Å². The van der Waals surface area contributed by atoms with Crippen molar-refractivity contribution < 1.29 is 9.18 Å².